The van der Waals surface area contributed by atoms with Crippen LogP contribution in [0.1, 0.15) is 12.0 Å². The van der Waals surface area contributed by atoms with Crippen LogP contribution in [-0.4, -0.2) is 58.1 Å². The molecule has 0 radical (unpaired) electrons. The van der Waals surface area contributed by atoms with Gasteiger partial charge < -0.3 is 10.6 Å². The summed E-state index contributed by atoms with van der Waals surface area (Å²) in [5.41, 5.74) is 6.58. The number of nitrogens with zero attached hydrogens (tertiary/aromatic N) is 2. The van der Waals surface area contributed by atoms with Crippen molar-refractivity contribution in [1.29, 1.82) is 0 Å². The van der Waals surface area contributed by atoms with E-state index in [0.717, 1.165) is 31.5 Å². The average Bonchev–Trinajstić information content (AvgIpc) is 2.48. The third-order valence-electron chi connectivity index (χ3n) is 3.66. The fraction of sp³-hybridized carbons (Fsp3) is 0.571. The number of rotatable bonds is 6. The largest absolute Gasteiger partial charge is 0.330 e. The Morgan fingerprint density at radius 3 is 2.33 bits per heavy atom. The standard InChI is InChI=1S/C14H24N4O2S/c1-17-9-11-18(12-10-17)16-21(19,20)14-6-4-13(5-7-14)3-2-8-15/h4-7,16H,2-3,8-12,15H2,1H3. The zero-order valence-electron chi connectivity index (χ0n) is 12.5. The molecule has 0 aliphatic carbocycles. The van der Waals surface area contributed by atoms with Gasteiger partial charge in [0.05, 0.1) is 4.90 Å². The topological polar surface area (TPSA) is 78.7 Å². The number of hydrogen-bond donors (Lipinski definition) is 2. The lowest BCUT2D eigenvalue weighted by Crippen LogP contribution is -2.52. The van der Waals surface area contributed by atoms with Crippen LogP contribution in [-0.2, 0) is 16.4 Å². The van der Waals surface area contributed by atoms with E-state index in [1.165, 1.54) is 0 Å². The summed E-state index contributed by atoms with van der Waals surface area (Å²) in [6, 6.07) is 7.02. The van der Waals surface area contributed by atoms with Gasteiger partial charge in [-0.3, -0.25) is 0 Å². The predicted molar refractivity (Wildman–Crippen MR) is 83.2 cm³/mol. The van der Waals surface area contributed by atoms with Crippen molar-refractivity contribution in [2.45, 2.75) is 17.7 Å². The summed E-state index contributed by atoms with van der Waals surface area (Å²) in [6.07, 6.45) is 1.79. The third-order valence-corrected chi connectivity index (χ3v) is 5.05. The van der Waals surface area contributed by atoms with Gasteiger partial charge in [-0.2, -0.15) is 0 Å². The minimum absolute atomic E-state index is 0.304. The first-order chi connectivity index (χ1) is 10.0. The number of nitrogens with one attached hydrogen (secondary N) is 1. The average molecular weight is 312 g/mol. The zero-order valence-corrected chi connectivity index (χ0v) is 13.3. The Hall–Kier alpha value is -0.990. The summed E-state index contributed by atoms with van der Waals surface area (Å²) in [5, 5.41) is 1.76. The first-order valence-electron chi connectivity index (χ1n) is 7.26. The van der Waals surface area contributed by atoms with E-state index in [0.29, 0.717) is 24.5 Å². The summed E-state index contributed by atoms with van der Waals surface area (Å²) in [5.74, 6) is 0. The van der Waals surface area contributed by atoms with Crippen molar-refractivity contribution >= 4 is 10.0 Å². The lowest BCUT2D eigenvalue weighted by molar-refractivity contribution is 0.135. The van der Waals surface area contributed by atoms with Crippen molar-refractivity contribution in [3.63, 3.8) is 0 Å². The molecule has 0 amide bonds. The van der Waals surface area contributed by atoms with Gasteiger partial charge in [0, 0.05) is 26.2 Å². The third kappa shape index (κ3) is 4.76. The number of benzene rings is 1. The van der Waals surface area contributed by atoms with Crippen LogP contribution in [0.15, 0.2) is 29.2 Å². The van der Waals surface area contributed by atoms with Crippen LogP contribution in [0.25, 0.3) is 0 Å². The summed E-state index contributed by atoms with van der Waals surface area (Å²) in [4.78, 5) is 5.13. The van der Waals surface area contributed by atoms with Crippen LogP contribution in [0, 0.1) is 0 Å². The molecule has 21 heavy (non-hydrogen) atoms. The van der Waals surface area contributed by atoms with Crippen LogP contribution < -0.4 is 10.6 Å². The van der Waals surface area contributed by atoms with Gasteiger partial charge in [0.1, 0.15) is 0 Å². The molecule has 1 aromatic rings. The molecule has 0 spiro atoms. The number of aryl methyl sites for hydroxylation is 1. The van der Waals surface area contributed by atoms with Crippen LogP contribution in [0.5, 0.6) is 0 Å². The molecule has 118 valence electrons. The van der Waals surface area contributed by atoms with Gasteiger partial charge in [0.25, 0.3) is 10.0 Å². The van der Waals surface area contributed by atoms with Gasteiger partial charge in [-0.15, -0.1) is 4.83 Å². The predicted octanol–water partition coefficient (Wildman–Crippen LogP) is 0.0186. The van der Waals surface area contributed by atoms with Gasteiger partial charge in [0.15, 0.2) is 0 Å². The van der Waals surface area contributed by atoms with Crippen molar-refractivity contribution < 1.29 is 8.42 Å². The van der Waals surface area contributed by atoms with Crippen LogP contribution in [0.3, 0.4) is 0 Å². The van der Waals surface area contributed by atoms with Gasteiger partial charge in [0.2, 0.25) is 0 Å². The first kappa shape index (κ1) is 16.4. The van der Waals surface area contributed by atoms with Crippen molar-refractivity contribution in [2.24, 2.45) is 5.73 Å². The Balaban J connectivity index is 1.98. The lowest BCUT2D eigenvalue weighted by Gasteiger charge is -2.32. The van der Waals surface area contributed by atoms with E-state index in [4.69, 9.17) is 5.73 Å². The highest BCUT2D eigenvalue weighted by Gasteiger charge is 2.21. The maximum Gasteiger partial charge on any atom is 0.253 e. The van der Waals surface area contributed by atoms with Gasteiger partial charge >= 0.3 is 0 Å². The Morgan fingerprint density at radius 2 is 1.76 bits per heavy atom. The molecule has 1 aliphatic rings. The Morgan fingerprint density at radius 1 is 1.14 bits per heavy atom. The second-order valence-corrected chi connectivity index (χ2v) is 7.08. The molecule has 0 aromatic heterocycles. The van der Waals surface area contributed by atoms with Crippen molar-refractivity contribution in [3.05, 3.63) is 29.8 Å². The monoisotopic (exact) mass is 312 g/mol. The summed E-state index contributed by atoms with van der Waals surface area (Å²) < 4.78 is 24.6. The zero-order chi connectivity index (χ0) is 15.3. The molecule has 2 rings (SSSR count). The molecular weight excluding hydrogens is 288 g/mol. The number of hydrazine groups is 1. The molecule has 0 bridgehead atoms. The lowest BCUT2D eigenvalue weighted by atomic mass is 10.1. The van der Waals surface area contributed by atoms with Crippen LogP contribution >= 0.6 is 0 Å². The minimum Gasteiger partial charge on any atom is -0.330 e. The van der Waals surface area contributed by atoms with Crippen molar-refractivity contribution in [3.8, 4) is 0 Å². The normalized spacial score (nSPS) is 18.0. The number of piperazine rings is 1. The molecule has 1 saturated heterocycles. The molecule has 3 N–H and O–H groups in total. The minimum atomic E-state index is -3.48. The summed E-state index contributed by atoms with van der Waals surface area (Å²) in [6.45, 7) is 3.76. The number of nitrogens with two attached hydrogens (primary N) is 1. The van der Waals surface area contributed by atoms with Gasteiger partial charge in [-0.05, 0) is 44.1 Å². The van der Waals surface area contributed by atoms with Crippen LogP contribution in [0.4, 0.5) is 0 Å². The fourth-order valence-corrected chi connectivity index (χ4v) is 3.38. The molecule has 1 heterocycles. The molecule has 0 unspecified atom stereocenters. The van der Waals surface area contributed by atoms with E-state index >= 15 is 0 Å². The van der Waals surface area contributed by atoms with Gasteiger partial charge in [-0.25, -0.2) is 13.4 Å². The SMILES string of the molecule is CN1CCN(NS(=O)(=O)c2ccc(CCCN)cc2)CC1. The van der Waals surface area contributed by atoms with Crippen LogP contribution in [0.2, 0.25) is 0 Å². The fourth-order valence-electron chi connectivity index (χ4n) is 2.26. The van der Waals surface area contributed by atoms with Crippen molar-refractivity contribution in [1.82, 2.24) is 14.7 Å². The Kier molecular flexibility index (Phi) is 5.72. The number of likely N-dealkylation sites (N-methyl/N-ethyl adjacent to an activating group) is 1. The van der Waals surface area contributed by atoms with E-state index in [1.807, 2.05) is 19.2 Å². The molecule has 1 fully saturated rings. The molecule has 6 nitrogen and oxygen atoms in total. The second kappa shape index (κ2) is 7.33. The highest BCUT2D eigenvalue weighted by molar-refractivity contribution is 7.89. The van der Waals surface area contributed by atoms with E-state index < -0.39 is 10.0 Å². The van der Waals surface area contributed by atoms with Gasteiger partial charge in [-0.1, -0.05) is 12.1 Å². The number of hydrogen-bond acceptors (Lipinski definition) is 5. The number of sulfonamides is 1. The Bertz CT molecular complexity index is 537. The molecule has 0 atom stereocenters. The highest BCUT2D eigenvalue weighted by Crippen LogP contribution is 2.12. The molecule has 7 heteroatoms. The van der Waals surface area contributed by atoms with E-state index in [2.05, 4.69) is 9.73 Å². The molecule has 1 aromatic carbocycles. The van der Waals surface area contributed by atoms with E-state index in [-0.39, 0.29) is 0 Å². The maximum absolute atomic E-state index is 12.3. The Labute approximate surface area is 126 Å². The second-order valence-electron chi connectivity index (χ2n) is 5.42. The maximum atomic E-state index is 12.3. The molecule has 1 aliphatic heterocycles. The summed E-state index contributed by atoms with van der Waals surface area (Å²) >= 11 is 0. The smallest absolute Gasteiger partial charge is 0.253 e. The first-order valence-corrected chi connectivity index (χ1v) is 8.74. The van der Waals surface area contributed by atoms with Crippen molar-refractivity contribution in [2.75, 3.05) is 39.8 Å². The van der Waals surface area contributed by atoms with E-state index in [9.17, 15) is 8.42 Å². The summed E-state index contributed by atoms with van der Waals surface area (Å²) in [7, 11) is -1.45. The molecular formula is C14H24N4O2S. The molecule has 0 saturated carbocycles. The highest BCUT2D eigenvalue weighted by atomic mass is 32.2. The van der Waals surface area contributed by atoms with E-state index in [1.54, 1.807) is 17.1 Å². The quantitative estimate of drug-likeness (QED) is 0.774.